The van der Waals surface area contributed by atoms with Gasteiger partial charge >= 0.3 is 0 Å². The topological polar surface area (TPSA) is 131 Å². The van der Waals surface area contributed by atoms with Crippen LogP contribution in [0.1, 0.15) is 5.56 Å². The first-order valence-corrected chi connectivity index (χ1v) is 15.3. The van der Waals surface area contributed by atoms with Crippen molar-refractivity contribution in [2.45, 2.75) is 16.7 Å². The monoisotopic (exact) mass is 595 g/mol. The van der Waals surface area contributed by atoms with Gasteiger partial charge in [0.2, 0.25) is 5.91 Å². The van der Waals surface area contributed by atoms with Gasteiger partial charge in [-0.15, -0.1) is 0 Å². The van der Waals surface area contributed by atoms with Crippen molar-refractivity contribution in [2.75, 3.05) is 35.1 Å². The van der Waals surface area contributed by atoms with E-state index in [1.165, 1.54) is 56.7 Å². The number of nitrogens with zero attached hydrogens (tertiary/aromatic N) is 1. The maximum Gasteiger partial charge on any atom is 0.264 e. The molecule has 0 saturated heterocycles. The normalized spacial score (nSPS) is 11.4. The third kappa shape index (κ3) is 6.79. The highest BCUT2D eigenvalue weighted by molar-refractivity contribution is 7.93. The van der Waals surface area contributed by atoms with Crippen molar-refractivity contribution < 1.29 is 31.1 Å². The number of rotatable bonds is 11. The van der Waals surface area contributed by atoms with Gasteiger partial charge < -0.3 is 14.8 Å². The molecule has 0 aromatic heterocycles. The summed E-state index contributed by atoms with van der Waals surface area (Å²) >= 11 is 0. The van der Waals surface area contributed by atoms with Crippen molar-refractivity contribution in [2.24, 2.45) is 0 Å². The van der Waals surface area contributed by atoms with Crippen LogP contribution in [-0.4, -0.2) is 43.5 Å². The maximum absolute atomic E-state index is 13.7. The lowest BCUT2D eigenvalue weighted by atomic mass is 10.2. The third-order valence-corrected chi connectivity index (χ3v) is 9.26. The molecule has 214 valence electrons. The molecule has 0 aliphatic rings. The lowest BCUT2D eigenvalue weighted by Crippen LogP contribution is -2.38. The molecule has 0 aliphatic carbocycles. The summed E-state index contributed by atoms with van der Waals surface area (Å²) < 4.78 is 67.0. The van der Waals surface area contributed by atoms with Gasteiger partial charge in [-0.2, -0.15) is 0 Å². The number of carbonyl (C=O) groups excluding carboxylic acids is 1. The number of nitrogens with one attached hydrogen (secondary N) is 2. The molecule has 0 radical (unpaired) electrons. The Balaban J connectivity index is 1.55. The lowest BCUT2D eigenvalue weighted by molar-refractivity contribution is -0.114. The maximum atomic E-state index is 13.7. The Morgan fingerprint density at radius 1 is 0.756 bits per heavy atom. The fourth-order valence-electron chi connectivity index (χ4n) is 3.95. The third-order valence-electron chi connectivity index (χ3n) is 6.11. The van der Waals surface area contributed by atoms with E-state index >= 15 is 0 Å². The second-order valence-electron chi connectivity index (χ2n) is 8.86. The van der Waals surface area contributed by atoms with Crippen LogP contribution in [0.15, 0.2) is 107 Å². The molecule has 0 aliphatic heterocycles. The molecular formula is C29H29N3O7S2. The molecule has 4 aromatic carbocycles. The first kappa shape index (κ1) is 29.4. The van der Waals surface area contributed by atoms with E-state index in [1.807, 2.05) is 6.07 Å². The van der Waals surface area contributed by atoms with Crippen LogP contribution in [0.25, 0.3) is 0 Å². The SMILES string of the molecule is COc1ccc(S(=O)(=O)N(CC(=O)Nc2ccc(S(=O)(=O)Nc3ccccc3C)cc2)c2ccccc2)cc1OC. The number of ether oxygens (including phenoxy) is 2. The summed E-state index contributed by atoms with van der Waals surface area (Å²) in [6.07, 6.45) is 0. The summed E-state index contributed by atoms with van der Waals surface area (Å²) in [7, 11) is -5.24. The van der Waals surface area contributed by atoms with E-state index in [0.29, 0.717) is 17.1 Å². The molecule has 0 spiro atoms. The molecule has 0 bridgehead atoms. The molecule has 0 heterocycles. The van der Waals surface area contributed by atoms with Crippen molar-refractivity contribution in [3.63, 3.8) is 0 Å². The van der Waals surface area contributed by atoms with Crippen LogP contribution in [0, 0.1) is 6.92 Å². The predicted molar refractivity (Wildman–Crippen MR) is 158 cm³/mol. The zero-order valence-corrected chi connectivity index (χ0v) is 24.2. The fourth-order valence-corrected chi connectivity index (χ4v) is 6.52. The molecule has 0 atom stereocenters. The van der Waals surface area contributed by atoms with Crippen LogP contribution in [0.5, 0.6) is 11.5 Å². The van der Waals surface area contributed by atoms with Crippen molar-refractivity contribution in [3.8, 4) is 11.5 Å². The molecule has 10 nitrogen and oxygen atoms in total. The first-order chi connectivity index (χ1) is 19.5. The van der Waals surface area contributed by atoms with Crippen LogP contribution in [0.2, 0.25) is 0 Å². The van der Waals surface area contributed by atoms with Gasteiger partial charge in [-0.05, 0) is 67.1 Å². The molecule has 12 heteroatoms. The standard InChI is InChI=1S/C29H29N3O7S2/c1-21-9-7-8-12-26(21)31-40(34,35)24-15-13-22(14-16-24)30-29(33)20-32(23-10-5-4-6-11-23)41(36,37)25-17-18-27(38-2)28(19-25)39-3/h4-19,31H,20H2,1-3H3,(H,30,33). The lowest BCUT2D eigenvalue weighted by Gasteiger charge is -2.24. The number of sulfonamides is 2. The van der Waals surface area contributed by atoms with E-state index in [0.717, 1.165) is 9.87 Å². The number of hydrogen-bond acceptors (Lipinski definition) is 7. The van der Waals surface area contributed by atoms with Gasteiger partial charge in [0.1, 0.15) is 6.54 Å². The number of benzene rings is 4. The molecular weight excluding hydrogens is 566 g/mol. The van der Waals surface area contributed by atoms with Crippen molar-refractivity contribution >= 4 is 43.0 Å². The summed E-state index contributed by atoms with van der Waals surface area (Å²) in [4.78, 5) is 13.0. The number of para-hydroxylation sites is 2. The summed E-state index contributed by atoms with van der Waals surface area (Å²) in [5.41, 5.74) is 1.80. The number of anilines is 3. The Morgan fingerprint density at radius 3 is 2.00 bits per heavy atom. The minimum Gasteiger partial charge on any atom is -0.493 e. The molecule has 0 fully saturated rings. The molecule has 1 amide bonds. The van der Waals surface area contributed by atoms with E-state index in [-0.39, 0.29) is 21.2 Å². The largest absolute Gasteiger partial charge is 0.493 e. The summed E-state index contributed by atoms with van der Waals surface area (Å²) in [6, 6.07) is 24.9. The highest BCUT2D eigenvalue weighted by Gasteiger charge is 2.28. The predicted octanol–water partition coefficient (Wildman–Crippen LogP) is 4.65. The van der Waals surface area contributed by atoms with Gasteiger partial charge in [0.05, 0.1) is 35.4 Å². The van der Waals surface area contributed by atoms with Gasteiger partial charge in [0.15, 0.2) is 11.5 Å². The van der Waals surface area contributed by atoms with E-state index < -0.39 is 32.5 Å². The van der Waals surface area contributed by atoms with Gasteiger partial charge in [0, 0.05) is 11.8 Å². The smallest absolute Gasteiger partial charge is 0.264 e. The Kier molecular flexibility index (Phi) is 8.84. The summed E-state index contributed by atoms with van der Waals surface area (Å²) in [6.45, 7) is 1.25. The Labute approximate surface area is 239 Å². The Hall–Kier alpha value is -4.55. The molecule has 0 unspecified atom stereocenters. The molecule has 0 saturated carbocycles. The second-order valence-corrected chi connectivity index (χ2v) is 12.4. The van der Waals surface area contributed by atoms with E-state index in [4.69, 9.17) is 9.47 Å². The van der Waals surface area contributed by atoms with Crippen LogP contribution in [0.3, 0.4) is 0 Å². The quantitative estimate of drug-likeness (QED) is 0.258. The second kappa shape index (κ2) is 12.3. The van der Waals surface area contributed by atoms with Gasteiger partial charge in [0.25, 0.3) is 20.0 Å². The number of aryl methyl sites for hydroxylation is 1. The average molecular weight is 596 g/mol. The van der Waals surface area contributed by atoms with E-state index in [9.17, 15) is 21.6 Å². The van der Waals surface area contributed by atoms with Gasteiger partial charge in [-0.25, -0.2) is 16.8 Å². The summed E-state index contributed by atoms with van der Waals surface area (Å²) in [5.74, 6) is -0.0560. The van der Waals surface area contributed by atoms with Crippen molar-refractivity contribution in [3.05, 3.63) is 103 Å². The van der Waals surface area contributed by atoms with Crippen LogP contribution < -0.4 is 23.8 Å². The van der Waals surface area contributed by atoms with E-state index in [2.05, 4.69) is 10.0 Å². The minimum absolute atomic E-state index is 0.000643. The highest BCUT2D eigenvalue weighted by atomic mass is 32.2. The molecule has 4 aromatic rings. The number of amides is 1. The van der Waals surface area contributed by atoms with Crippen molar-refractivity contribution in [1.29, 1.82) is 0 Å². The first-order valence-electron chi connectivity index (χ1n) is 12.3. The number of hydrogen-bond donors (Lipinski definition) is 2. The van der Waals surface area contributed by atoms with Gasteiger partial charge in [-0.1, -0.05) is 36.4 Å². The average Bonchev–Trinajstić information content (AvgIpc) is 2.97. The Morgan fingerprint density at radius 2 is 1.37 bits per heavy atom. The molecule has 2 N–H and O–H groups in total. The zero-order valence-electron chi connectivity index (χ0n) is 22.6. The van der Waals surface area contributed by atoms with E-state index in [1.54, 1.807) is 55.5 Å². The summed E-state index contributed by atoms with van der Waals surface area (Å²) in [5, 5.41) is 2.64. The van der Waals surface area contributed by atoms with Crippen LogP contribution in [-0.2, 0) is 24.8 Å². The molecule has 4 rings (SSSR count). The zero-order chi connectivity index (χ0) is 29.6. The van der Waals surface area contributed by atoms with Crippen LogP contribution >= 0.6 is 0 Å². The Bertz CT molecular complexity index is 1740. The fraction of sp³-hybridized carbons (Fsp3) is 0.138. The number of carbonyl (C=O) groups is 1. The van der Waals surface area contributed by atoms with Crippen molar-refractivity contribution in [1.82, 2.24) is 0 Å². The molecule has 41 heavy (non-hydrogen) atoms. The highest BCUT2D eigenvalue weighted by Crippen LogP contribution is 2.32. The van der Waals surface area contributed by atoms with Gasteiger partial charge in [-0.3, -0.25) is 13.8 Å². The minimum atomic E-state index is -4.21. The van der Waals surface area contributed by atoms with Crippen LogP contribution in [0.4, 0.5) is 17.1 Å². The number of methoxy groups -OCH3 is 2.